The van der Waals surface area contributed by atoms with E-state index in [0.29, 0.717) is 5.92 Å². The van der Waals surface area contributed by atoms with E-state index in [0.717, 1.165) is 44.5 Å². The molecule has 1 spiro atoms. The molecule has 0 radical (unpaired) electrons. The highest BCUT2D eigenvalue weighted by Gasteiger charge is 2.44. The van der Waals surface area contributed by atoms with Crippen LogP contribution in [0.5, 0.6) is 0 Å². The summed E-state index contributed by atoms with van der Waals surface area (Å²) in [5.41, 5.74) is 0.000841. The lowest BCUT2D eigenvalue weighted by atomic mass is 9.76. The van der Waals surface area contributed by atoms with Crippen LogP contribution in [0.3, 0.4) is 0 Å². The van der Waals surface area contributed by atoms with Crippen molar-refractivity contribution in [1.82, 2.24) is 0 Å². The van der Waals surface area contributed by atoms with E-state index in [4.69, 9.17) is 4.74 Å². The molecular weight excluding hydrogens is 272 g/mol. The Bertz CT molecular complexity index is 311. The third-order valence-electron chi connectivity index (χ3n) is 5.56. The molecule has 4 atom stereocenters. The summed E-state index contributed by atoms with van der Waals surface area (Å²) in [6.45, 7) is 0.750. The molecule has 3 rings (SSSR count). The Hall–Kier alpha value is 0.230. The molecule has 4 unspecified atom stereocenters. The number of ether oxygens (including phenoxy) is 1. The lowest BCUT2D eigenvalue weighted by Crippen LogP contribution is -2.47. The maximum absolute atomic E-state index is 10.6. The van der Waals surface area contributed by atoms with E-state index in [-0.39, 0.29) is 11.5 Å². The maximum Gasteiger partial charge on any atom is 0.0831 e. The smallest absolute Gasteiger partial charge is 0.0831 e. The van der Waals surface area contributed by atoms with E-state index in [2.05, 4.69) is 0 Å². The highest BCUT2D eigenvalue weighted by Crippen LogP contribution is 2.42. The molecule has 4 heteroatoms. The molecule has 0 aromatic heterocycles. The summed E-state index contributed by atoms with van der Waals surface area (Å²) in [6, 6.07) is 0. The maximum atomic E-state index is 10.6. The average molecular weight is 300 g/mol. The van der Waals surface area contributed by atoms with Gasteiger partial charge < -0.3 is 14.9 Å². The zero-order valence-corrected chi connectivity index (χ0v) is 13.1. The van der Waals surface area contributed by atoms with Crippen molar-refractivity contribution in [3.8, 4) is 0 Å². The second kappa shape index (κ2) is 6.55. The quantitative estimate of drug-likeness (QED) is 0.841. The van der Waals surface area contributed by atoms with Crippen LogP contribution in [0.25, 0.3) is 0 Å². The van der Waals surface area contributed by atoms with Crippen LogP contribution in [0.15, 0.2) is 0 Å². The molecule has 3 aliphatic rings. The van der Waals surface area contributed by atoms with Crippen molar-refractivity contribution in [3.63, 3.8) is 0 Å². The fourth-order valence-electron chi connectivity index (χ4n) is 4.25. The normalized spacial score (nSPS) is 39.0. The summed E-state index contributed by atoms with van der Waals surface area (Å²) in [4.78, 5) is 0. The molecule has 2 N–H and O–H groups in total. The molecule has 0 aromatic carbocycles. The molecule has 1 aliphatic carbocycles. The van der Waals surface area contributed by atoms with Crippen LogP contribution in [-0.2, 0) is 4.74 Å². The average Bonchev–Trinajstić information content (AvgIpc) is 2.94. The van der Waals surface area contributed by atoms with Crippen LogP contribution >= 0.6 is 11.8 Å². The van der Waals surface area contributed by atoms with Gasteiger partial charge in [-0.1, -0.05) is 19.3 Å². The van der Waals surface area contributed by atoms with E-state index >= 15 is 0 Å². The number of rotatable bonds is 3. The Labute approximate surface area is 126 Å². The molecule has 2 saturated heterocycles. The molecule has 20 heavy (non-hydrogen) atoms. The second-order valence-electron chi connectivity index (χ2n) is 6.97. The van der Waals surface area contributed by atoms with Gasteiger partial charge in [0.1, 0.15) is 0 Å². The first-order valence-electron chi connectivity index (χ1n) is 8.28. The highest BCUT2D eigenvalue weighted by atomic mass is 32.2. The summed E-state index contributed by atoms with van der Waals surface area (Å²) in [5, 5.41) is 21.2. The van der Waals surface area contributed by atoms with Crippen LogP contribution in [0.2, 0.25) is 0 Å². The molecule has 0 amide bonds. The van der Waals surface area contributed by atoms with Crippen LogP contribution < -0.4 is 0 Å². The zero-order valence-electron chi connectivity index (χ0n) is 12.3. The number of aliphatic hydroxyl groups is 2. The minimum absolute atomic E-state index is 0.000841. The molecular formula is C16H28O3S. The van der Waals surface area contributed by atoms with Crippen molar-refractivity contribution in [2.24, 2.45) is 11.8 Å². The summed E-state index contributed by atoms with van der Waals surface area (Å²) in [7, 11) is 0. The fourth-order valence-corrected chi connectivity index (χ4v) is 5.63. The summed E-state index contributed by atoms with van der Waals surface area (Å²) >= 11 is 1.96. The van der Waals surface area contributed by atoms with E-state index in [1.165, 1.54) is 25.0 Å². The minimum atomic E-state index is -0.551. The van der Waals surface area contributed by atoms with Crippen LogP contribution in [0.1, 0.15) is 51.4 Å². The summed E-state index contributed by atoms with van der Waals surface area (Å²) in [5.74, 6) is 2.78. The highest BCUT2D eigenvalue weighted by molar-refractivity contribution is 7.99. The van der Waals surface area contributed by atoms with Gasteiger partial charge in [0.05, 0.1) is 17.8 Å². The Kier molecular flexibility index (Phi) is 4.96. The topological polar surface area (TPSA) is 49.7 Å². The monoisotopic (exact) mass is 300 g/mol. The number of aliphatic hydroxyl groups excluding tert-OH is 2. The van der Waals surface area contributed by atoms with Crippen molar-refractivity contribution in [3.05, 3.63) is 0 Å². The molecule has 2 heterocycles. The van der Waals surface area contributed by atoms with Gasteiger partial charge in [-0.15, -0.1) is 0 Å². The Balaban J connectivity index is 1.59. The van der Waals surface area contributed by atoms with Gasteiger partial charge in [0.2, 0.25) is 0 Å². The largest absolute Gasteiger partial charge is 0.390 e. The van der Waals surface area contributed by atoms with Crippen molar-refractivity contribution >= 4 is 11.8 Å². The molecule has 2 aliphatic heterocycles. The van der Waals surface area contributed by atoms with Gasteiger partial charge in [0, 0.05) is 12.4 Å². The van der Waals surface area contributed by atoms with Crippen LogP contribution in [0, 0.1) is 11.8 Å². The zero-order chi connectivity index (χ0) is 14.0. The van der Waals surface area contributed by atoms with Gasteiger partial charge in [0.15, 0.2) is 0 Å². The van der Waals surface area contributed by atoms with E-state index in [1.807, 2.05) is 11.8 Å². The summed E-state index contributed by atoms with van der Waals surface area (Å²) < 4.78 is 6.02. The number of hydrogen-bond donors (Lipinski definition) is 2. The Morgan fingerprint density at radius 1 is 1.00 bits per heavy atom. The van der Waals surface area contributed by atoms with Crippen molar-refractivity contribution in [2.75, 3.05) is 18.1 Å². The second-order valence-corrected chi connectivity index (χ2v) is 8.07. The Morgan fingerprint density at radius 2 is 1.75 bits per heavy atom. The van der Waals surface area contributed by atoms with Gasteiger partial charge in [-0.2, -0.15) is 11.8 Å². The molecule has 0 aromatic rings. The fraction of sp³-hybridized carbons (Fsp3) is 1.00. The number of thioether (sulfide) groups is 1. The third kappa shape index (κ3) is 3.18. The minimum Gasteiger partial charge on any atom is -0.390 e. The van der Waals surface area contributed by atoms with E-state index in [1.54, 1.807) is 0 Å². The predicted molar refractivity (Wildman–Crippen MR) is 81.9 cm³/mol. The van der Waals surface area contributed by atoms with Crippen molar-refractivity contribution in [2.45, 2.75) is 69.2 Å². The van der Waals surface area contributed by atoms with Gasteiger partial charge in [0.25, 0.3) is 0 Å². The SMILES string of the molecule is OC(C1CCCCC1)C(O)C1CCOC2(CCSC2)C1. The molecule has 3 fully saturated rings. The van der Waals surface area contributed by atoms with Gasteiger partial charge >= 0.3 is 0 Å². The lowest BCUT2D eigenvalue weighted by Gasteiger charge is -2.42. The first kappa shape index (κ1) is 15.1. The third-order valence-corrected chi connectivity index (χ3v) is 6.79. The predicted octanol–water partition coefficient (Wildman–Crippen LogP) is 2.59. The molecule has 0 bridgehead atoms. The van der Waals surface area contributed by atoms with E-state index in [9.17, 15) is 10.2 Å². The molecule has 1 saturated carbocycles. The van der Waals surface area contributed by atoms with Gasteiger partial charge in [-0.3, -0.25) is 0 Å². The van der Waals surface area contributed by atoms with Gasteiger partial charge in [-0.05, 0) is 49.7 Å². The standard InChI is InChI=1S/C16H28O3S/c17-14(12-4-2-1-3-5-12)15(18)13-6-8-19-16(10-13)7-9-20-11-16/h12-15,17-18H,1-11H2. The van der Waals surface area contributed by atoms with Crippen molar-refractivity contribution in [1.29, 1.82) is 0 Å². The van der Waals surface area contributed by atoms with E-state index < -0.39 is 12.2 Å². The Morgan fingerprint density at radius 3 is 2.45 bits per heavy atom. The van der Waals surface area contributed by atoms with Crippen molar-refractivity contribution < 1.29 is 14.9 Å². The van der Waals surface area contributed by atoms with Crippen LogP contribution in [0.4, 0.5) is 0 Å². The molecule has 3 nitrogen and oxygen atoms in total. The van der Waals surface area contributed by atoms with Crippen LogP contribution in [-0.4, -0.2) is 46.1 Å². The van der Waals surface area contributed by atoms with Gasteiger partial charge in [-0.25, -0.2) is 0 Å². The first-order chi connectivity index (χ1) is 9.70. The first-order valence-corrected chi connectivity index (χ1v) is 9.43. The lowest BCUT2D eigenvalue weighted by molar-refractivity contribution is -0.129. The number of hydrogen-bond acceptors (Lipinski definition) is 4. The molecule has 116 valence electrons. The summed E-state index contributed by atoms with van der Waals surface area (Å²) in [6.07, 6.45) is 7.75.